The van der Waals surface area contributed by atoms with Crippen LogP contribution in [0.15, 0.2) is 53.3 Å². The first-order valence-corrected chi connectivity index (χ1v) is 8.96. The topological polar surface area (TPSA) is 70.3 Å². The van der Waals surface area contributed by atoms with Gasteiger partial charge in [0.25, 0.3) is 0 Å². The lowest BCUT2D eigenvalue weighted by Gasteiger charge is -2.13. The van der Waals surface area contributed by atoms with Crippen molar-refractivity contribution in [3.8, 4) is 17.1 Å². The molecule has 0 radical (unpaired) electrons. The van der Waals surface area contributed by atoms with Gasteiger partial charge >= 0.3 is 0 Å². The Morgan fingerprint density at radius 2 is 2.04 bits per heavy atom. The van der Waals surface area contributed by atoms with Gasteiger partial charge in [-0.25, -0.2) is 0 Å². The van der Waals surface area contributed by atoms with Crippen LogP contribution in [-0.4, -0.2) is 27.3 Å². The fraction of sp³-hybridized carbons (Fsp3) is 0.350. The minimum absolute atomic E-state index is 0.247. The normalized spacial score (nSPS) is 24.1. The van der Waals surface area contributed by atoms with Crippen LogP contribution in [0.1, 0.15) is 36.6 Å². The van der Waals surface area contributed by atoms with Crippen LogP contribution in [0.3, 0.4) is 0 Å². The maximum absolute atomic E-state index is 5.88. The standard InChI is InChI=1S/C20H19N3O3/c1-2-13(11-21-9-1)12-24-15-5-3-14(4-6-15)19-22-20(26-23-19)17-10-16-7-8-18(17)25-16/h1-6,9,11,16-18H,7-8,10,12H2/t16-,17+,18-/m0/s1. The van der Waals surface area contributed by atoms with Gasteiger partial charge in [-0.1, -0.05) is 11.2 Å². The lowest BCUT2D eigenvalue weighted by atomic mass is 9.89. The number of hydrogen-bond donors (Lipinski definition) is 0. The quantitative estimate of drug-likeness (QED) is 0.699. The summed E-state index contributed by atoms with van der Waals surface area (Å²) in [6, 6.07) is 11.6. The Labute approximate surface area is 151 Å². The molecule has 2 fully saturated rings. The molecule has 4 heterocycles. The number of benzene rings is 1. The highest BCUT2D eigenvalue weighted by atomic mass is 16.5. The Balaban J connectivity index is 1.26. The maximum Gasteiger partial charge on any atom is 0.232 e. The minimum Gasteiger partial charge on any atom is -0.489 e. The van der Waals surface area contributed by atoms with Gasteiger partial charge in [0.2, 0.25) is 11.7 Å². The molecular formula is C20H19N3O3. The molecule has 132 valence electrons. The summed E-state index contributed by atoms with van der Waals surface area (Å²) >= 11 is 0. The van der Waals surface area contributed by atoms with E-state index in [0.717, 1.165) is 36.1 Å². The first-order chi connectivity index (χ1) is 12.8. The SMILES string of the molecule is c1cncc(COc2ccc(-c3noc([C@@H]4C[C@@H]5CC[C@@H]4O5)n3)cc2)c1. The van der Waals surface area contributed by atoms with E-state index in [1.807, 2.05) is 36.4 Å². The third kappa shape index (κ3) is 2.97. The molecule has 0 spiro atoms. The molecule has 6 heteroatoms. The second-order valence-electron chi connectivity index (χ2n) is 6.85. The first-order valence-electron chi connectivity index (χ1n) is 8.96. The van der Waals surface area contributed by atoms with Gasteiger partial charge in [0.15, 0.2) is 0 Å². The van der Waals surface area contributed by atoms with Gasteiger partial charge in [-0.3, -0.25) is 4.98 Å². The number of rotatable bonds is 5. The number of ether oxygens (including phenoxy) is 2. The smallest absolute Gasteiger partial charge is 0.232 e. The Hall–Kier alpha value is -2.73. The molecule has 2 aromatic heterocycles. The van der Waals surface area contributed by atoms with Crippen molar-refractivity contribution in [2.45, 2.75) is 44.0 Å². The number of nitrogens with zero attached hydrogens (tertiary/aromatic N) is 3. The molecule has 1 aromatic carbocycles. The summed E-state index contributed by atoms with van der Waals surface area (Å²) in [7, 11) is 0. The maximum atomic E-state index is 5.88. The summed E-state index contributed by atoms with van der Waals surface area (Å²) in [5.74, 6) is 2.35. The molecular weight excluding hydrogens is 330 g/mol. The van der Waals surface area contributed by atoms with Gasteiger partial charge in [0, 0.05) is 23.5 Å². The van der Waals surface area contributed by atoms with Gasteiger partial charge in [-0.15, -0.1) is 0 Å². The van der Waals surface area contributed by atoms with E-state index in [9.17, 15) is 0 Å². The van der Waals surface area contributed by atoms with Crippen molar-refractivity contribution in [2.75, 3.05) is 0 Å². The number of hydrogen-bond acceptors (Lipinski definition) is 6. The van der Waals surface area contributed by atoms with E-state index in [4.69, 9.17) is 14.0 Å². The molecule has 2 saturated heterocycles. The highest BCUT2D eigenvalue weighted by Crippen LogP contribution is 2.44. The van der Waals surface area contributed by atoms with E-state index in [1.54, 1.807) is 12.4 Å². The van der Waals surface area contributed by atoms with Gasteiger partial charge in [-0.2, -0.15) is 4.98 Å². The molecule has 0 unspecified atom stereocenters. The predicted octanol–water partition coefficient (Wildman–Crippen LogP) is 3.75. The second kappa shape index (κ2) is 6.53. The fourth-order valence-electron chi connectivity index (χ4n) is 3.75. The molecule has 2 aliphatic rings. The zero-order chi connectivity index (χ0) is 17.3. The van der Waals surface area contributed by atoms with Crippen LogP contribution < -0.4 is 4.74 Å². The summed E-state index contributed by atoms with van der Waals surface area (Å²) in [5.41, 5.74) is 1.95. The van der Waals surface area contributed by atoms with E-state index in [0.29, 0.717) is 24.4 Å². The van der Waals surface area contributed by atoms with Crippen molar-refractivity contribution in [3.05, 3.63) is 60.2 Å². The van der Waals surface area contributed by atoms with Gasteiger partial charge < -0.3 is 14.0 Å². The van der Waals surface area contributed by atoms with Gasteiger partial charge in [0.05, 0.1) is 18.1 Å². The van der Waals surface area contributed by atoms with E-state index in [1.165, 1.54) is 0 Å². The molecule has 6 nitrogen and oxygen atoms in total. The Kier molecular flexibility index (Phi) is 3.90. The highest BCUT2D eigenvalue weighted by molar-refractivity contribution is 5.55. The van der Waals surface area contributed by atoms with Crippen molar-refractivity contribution in [1.29, 1.82) is 0 Å². The van der Waals surface area contributed by atoms with Crippen LogP contribution in [-0.2, 0) is 11.3 Å². The lowest BCUT2D eigenvalue weighted by Crippen LogP contribution is -2.14. The number of aromatic nitrogens is 3. The third-order valence-electron chi connectivity index (χ3n) is 5.11. The average Bonchev–Trinajstić information content (AvgIpc) is 3.44. The van der Waals surface area contributed by atoms with Crippen LogP contribution in [0, 0.1) is 0 Å². The molecule has 5 rings (SSSR count). The predicted molar refractivity (Wildman–Crippen MR) is 93.6 cm³/mol. The van der Waals surface area contributed by atoms with E-state index in [2.05, 4.69) is 15.1 Å². The fourth-order valence-corrected chi connectivity index (χ4v) is 3.75. The lowest BCUT2D eigenvalue weighted by molar-refractivity contribution is 0.0974. The Morgan fingerprint density at radius 3 is 2.77 bits per heavy atom. The van der Waals surface area contributed by atoms with Crippen molar-refractivity contribution < 1.29 is 14.0 Å². The molecule has 0 aliphatic carbocycles. The van der Waals surface area contributed by atoms with E-state index < -0.39 is 0 Å². The largest absolute Gasteiger partial charge is 0.489 e. The zero-order valence-corrected chi connectivity index (χ0v) is 14.2. The van der Waals surface area contributed by atoms with Gasteiger partial charge in [0.1, 0.15) is 12.4 Å². The third-order valence-corrected chi connectivity index (χ3v) is 5.11. The van der Waals surface area contributed by atoms with Crippen LogP contribution in [0.4, 0.5) is 0 Å². The Morgan fingerprint density at radius 1 is 1.12 bits per heavy atom. The van der Waals surface area contributed by atoms with Crippen molar-refractivity contribution >= 4 is 0 Å². The Bertz CT molecular complexity index is 879. The van der Waals surface area contributed by atoms with Crippen LogP contribution in [0.25, 0.3) is 11.4 Å². The molecule has 0 amide bonds. The molecule has 0 N–H and O–H groups in total. The van der Waals surface area contributed by atoms with Crippen molar-refractivity contribution in [2.24, 2.45) is 0 Å². The highest BCUT2D eigenvalue weighted by Gasteiger charge is 2.44. The number of fused-ring (bicyclic) bond motifs is 2. The monoisotopic (exact) mass is 349 g/mol. The van der Waals surface area contributed by atoms with Crippen molar-refractivity contribution in [1.82, 2.24) is 15.1 Å². The summed E-state index contributed by atoms with van der Waals surface area (Å²) in [6.07, 6.45) is 7.41. The first kappa shape index (κ1) is 15.5. The molecule has 3 atom stereocenters. The summed E-state index contributed by atoms with van der Waals surface area (Å²) in [6.45, 7) is 0.490. The number of pyridine rings is 1. The molecule has 3 aromatic rings. The molecule has 2 aliphatic heterocycles. The van der Waals surface area contributed by atoms with Crippen molar-refractivity contribution in [3.63, 3.8) is 0 Å². The van der Waals surface area contributed by atoms with Crippen LogP contribution in [0.2, 0.25) is 0 Å². The summed E-state index contributed by atoms with van der Waals surface area (Å²) in [5, 5.41) is 4.15. The molecule has 2 bridgehead atoms. The summed E-state index contributed by atoms with van der Waals surface area (Å²) in [4.78, 5) is 8.68. The minimum atomic E-state index is 0.247. The molecule has 0 saturated carbocycles. The van der Waals surface area contributed by atoms with Gasteiger partial charge in [-0.05, 0) is 49.6 Å². The zero-order valence-electron chi connectivity index (χ0n) is 14.2. The van der Waals surface area contributed by atoms with E-state index >= 15 is 0 Å². The molecule has 26 heavy (non-hydrogen) atoms. The van der Waals surface area contributed by atoms with Crippen LogP contribution >= 0.6 is 0 Å². The summed E-state index contributed by atoms with van der Waals surface area (Å²) < 4.78 is 17.2. The van der Waals surface area contributed by atoms with Crippen LogP contribution in [0.5, 0.6) is 5.75 Å². The van der Waals surface area contributed by atoms with E-state index in [-0.39, 0.29) is 12.0 Å². The second-order valence-corrected chi connectivity index (χ2v) is 6.85. The average molecular weight is 349 g/mol.